The van der Waals surface area contributed by atoms with Gasteiger partial charge in [0.15, 0.2) is 37.2 Å². The first-order valence-corrected chi connectivity index (χ1v) is 17.2. The Morgan fingerprint density at radius 3 is 1.53 bits per heavy atom. The lowest BCUT2D eigenvalue weighted by Gasteiger charge is -2.11. The topological polar surface area (TPSA) is 64.5 Å². The highest BCUT2D eigenvalue weighted by molar-refractivity contribution is 6.35. The molecule has 8 bridgehead atoms. The van der Waals surface area contributed by atoms with Gasteiger partial charge in [-0.3, -0.25) is 4.99 Å². The van der Waals surface area contributed by atoms with Crippen LogP contribution >= 0.6 is 0 Å². The lowest BCUT2D eigenvalue weighted by molar-refractivity contribution is -0.671. The molecule has 0 saturated carbocycles. The number of hydrogen-bond donors (Lipinski definition) is 1. The number of rotatable bonds is 4. The molecule has 5 aromatic rings. The summed E-state index contributed by atoms with van der Waals surface area (Å²) in [5.41, 5.74) is 13.8. The Labute approximate surface area is 296 Å². The van der Waals surface area contributed by atoms with E-state index in [1.165, 1.54) is 0 Å². The van der Waals surface area contributed by atoms with Gasteiger partial charge in [0.05, 0.1) is 34.2 Å². The maximum Gasteiger partial charge on any atom is 0.169 e. The third-order valence-corrected chi connectivity index (χ3v) is 9.68. The molecule has 7 heteroatoms. The van der Waals surface area contributed by atoms with Crippen LogP contribution in [-0.4, -0.2) is 22.1 Å². The molecule has 51 heavy (non-hydrogen) atoms. The fraction of sp³-hybridized carbons (Fsp3) is 0.0909. The lowest BCUT2D eigenvalue weighted by atomic mass is 9.99. The zero-order valence-corrected chi connectivity index (χ0v) is 28.7. The minimum absolute atomic E-state index is 0.698. The molecular weight excluding hydrogens is 627 g/mol. The number of aryl methyl sites for hydroxylation is 3. The van der Waals surface area contributed by atoms with Gasteiger partial charge in [-0.05, 0) is 58.7 Å². The first-order chi connectivity index (χ1) is 25.0. The fourth-order valence-electron chi connectivity index (χ4n) is 7.09. The molecule has 1 aromatic carbocycles. The van der Waals surface area contributed by atoms with Crippen molar-refractivity contribution in [2.24, 2.45) is 36.1 Å². The van der Waals surface area contributed by atoms with Crippen LogP contribution in [0.15, 0.2) is 178 Å². The number of aromatic amines is 1. The van der Waals surface area contributed by atoms with E-state index < -0.39 is 0 Å². The summed E-state index contributed by atoms with van der Waals surface area (Å²) in [5, 5.41) is 2.00. The summed E-state index contributed by atoms with van der Waals surface area (Å²) in [6.45, 7) is 0. The number of aromatic nitrogens is 4. The number of nitrogens with one attached hydrogen (secondary N) is 1. The van der Waals surface area contributed by atoms with E-state index in [9.17, 15) is 0 Å². The Morgan fingerprint density at radius 2 is 0.941 bits per heavy atom. The van der Waals surface area contributed by atoms with Crippen molar-refractivity contribution in [2.45, 2.75) is 6.42 Å². The zero-order valence-electron chi connectivity index (χ0n) is 28.7. The largest absolute Gasteiger partial charge is 0.354 e. The predicted octanol–water partition coefficient (Wildman–Crippen LogP) is 4.47. The highest BCUT2D eigenvalue weighted by Crippen LogP contribution is 2.37. The minimum atomic E-state index is 0.698. The Balaban J connectivity index is 1.39. The van der Waals surface area contributed by atoms with E-state index >= 15 is 0 Å². The van der Waals surface area contributed by atoms with Gasteiger partial charge in [-0.25, -0.2) is 23.7 Å². The van der Waals surface area contributed by atoms with Gasteiger partial charge in [-0.15, -0.1) is 0 Å². The molecular formula is C44H36N7+3. The maximum absolute atomic E-state index is 5.41. The second kappa shape index (κ2) is 12.4. The second-order valence-electron chi connectivity index (χ2n) is 13.2. The molecule has 1 N–H and O–H groups in total. The van der Waals surface area contributed by atoms with Crippen molar-refractivity contribution in [1.82, 2.24) is 4.98 Å². The first kappa shape index (κ1) is 30.5. The molecule has 0 aliphatic carbocycles. The van der Waals surface area contributed by atoms with Crippen LogP contribution in [0.4, 0.5) is 0 Å². The van der Waals surface area contributed by atoms with Crippen LogP contribution < -0.4 is 24.4 Å². The van der Waals surface area contributed by atoms with Gasteiger partial charge in [0, 0.05) is 75.8 Å². The van der Waals surface area contributed by atoms with Crippen molar-refractivity contribution in [3.8, 4) is 0 Å². The van der Waals surface area contributed by atoms with Crippen molar-refractivity contribution in [2.75, 3.05) is 0 Å². The highest BCUT2D eigenvalue weighted by Gasteiger charge is 2.26. The standard InChI is InChI=1S/C44H35N7/c1-49-23-17-30(18-24-49)42-35-11-9-33(45-35)41(29-7-5-4-6-8-29)34-10-12-36(46-34)43(31-19-25-50(2)26-20-31)38-14-16-40(48-38)44(39-15-13-37(42)47-39)32-21-27-51(3)28-22-32/h4-9,11-28H,10H2,1-3H3/q+2/p+1. The van der Waals surface area contributed by atoms with Gasteiger partial charge in [-0.1, -0.05) is 36.4 Å². The Kier molecular flexibility index (Phi) is 7.39. The van der Waals surface area contributed by atoms with Crippen molar-refractivity contribution in [3.63, 3.8) is 0 Å². The molecule has 4 aliphatic rings. The number of fused-ring (bicyclic) bond motifs is 5. The van der Waals surface area contributed by atoms with E-state index in [2.05, 4.69) is 151 Å². The molecule has 0 radical (unpaired) electrons. The zero-order chi connectivity index (χ0) is 34.5. The quantitative estimate of drug-likeness (QED) is 0.276. The summed E-state index contributed by atoms with van der Waals surface area (Å²) in [5.74, 6) is 0. The van der Waals surface area contributed by atoms with Gasteiger partial charge in [0.25, 0.3) is 0 Å². The Morgan fingerprint density at radius 1 is 0.471 bits per heavy atom. The molecule has 8 heterocycles. The van der Waals surface area contributed by atoms with Crippen LogP contribution in [0.2, 0.25) is 0 Å². The monoisotopic (exact) mass is 662 g/mol. The summed E-state index contributed by atoms with van der Waals surface area (Å²) < 4.78 is 6.14. The average molecular weight is 663 g/mol. The van der Waals surface area contributed by atoms with Gasteiger partial charge in [-0.2, -0.15) is 0 Å². The van der Waals surface area contributed by atoms with Crippen molar-refractivity contribution in [3.05, 3.63) is 196 Å². The van der Waals surface area contributed by atoms with E-state index in [1.54, 1.807) is 0 Å². The van der Waals surface area contributed by atoms with Crippen molar-refractivity contribution in [1.29, 1.82) is 0 Å². The maximum atomic E-state index is 5.41. The molecule has 7 nitrogen and oxygen atoms in total. The van der Waals surface area contributed by atoms with E-state index in [0.29, 0.717) is 6.42 Å². The van der Waals surface area contributed by atoms with Gasteiger partial charge >= 0.3 is 0 Å². The SMILES string of the molecule is C[n+]1ccc(C2=C3C=CC(=N3)C(c3cc[n+](C)cc3)=C3C=CC(=N3)C(c3cc[n+](C)cc3)=c3ccc([nH]3)=C(c3ccccc3)C3=NC2=CC3)cc1. The third-order valence-electron chi connectivity index (χ3n) is 9.68. The number of pyridine rings is 3. The van der Waals surface area contributed by atoms with Crippen LogP contribution in [0.3, 0.4) is 0 Å². The van der Waals surface area contributed by atoms with E-state index in [0.717, 1.165) is 89.5 Å². The molecule has 4 aromatic heterocycles. The van der Waals surface area contributed by atoms with Crippen LogP contribution in [0.1, 0.15) is 28.7 Å². The number of aliphatic imine (C=N–C) groups is 3. The Hall–Kier alpha value is -6.60. The van der Waals surface area contributed by atoms with Gasteiger partial charge in [0.2, 0.25) is 0 Å². The molecule has 0 fully saturated rings. The third kappa shape index (κ3) is 5.59. The highest BCUT2D eigenvalue weighted by atomic mass is 14.9. The molecule has 0 amide bonds. The molecule has 0 saturated heterocycles. The summed E-state index contributed by atoms with van der Waals surface area (Å²) in [7, 11) is 6.10. The average Bonchev–Trinajstić information content (AvgIpc) is 3.99. The van der Waals surface area contributed by atoms with Crippen molar-refractivity contribution < 1.29 is 13.7 Å². The van der Waals surface area contributed by atoms with E-state index in [4.69, 9.17) is 15.0 Å². The molecule has 0 unspecified atom stereocenters. The molecule has 0 spiro atoms. The molecule has 0 atom stereocenters. The number of nitrogens with zero attached hydrogens (tertiary/aromatic N) is 6. The smallest absolute Gasteiger partial charge is 0.169 e. The van der Waals surface area contributed by atoms with Crippen LogP contribution in [0.5, 0.6) is 0 Å². The van der Waals surface area contributed by atoms with Gasteiger partial charge < -0.3 is 4.98 Å². The number of benzene rings is 1. The van der Waals surface area contributed by atoms with Crippen LogP contribution in [0.25, 0.3) is 22.3 Å². The minimum Gasteiger partial charge on any atom is -0.354 e. The van der Waals surface area contributed by atoms with E-state index in [-0.39, 0.29) is 0 Å². The fourth-order valence-corrected chi connectivity index (χ4v) is 7.09. The molecule has 244 valence electrons. The summed E-state index contributed by atoms with van der Waals surface area (Å²) in [6, 6.07) is 27.8. The molecule has 4 aliphatic heterocycles. The first-order valence-electron chi connectivity index (χ1n) is 17.2. The van der Waals surface area contributed by atoms with Crippen LogP contribution in [0, 0.1) is 0 Å². The van der Waals surface area contributed by atoms with Crippen LogP contribution in [-0.2, 0) is 21.1 Å². The lowest BCUT2D eigenvalue weighted by Crippen LogP contribution is -2.27. The number of H-pyrrole nitrogens is 1. The second-order valence-corrected chi connectivity index (χ2v) is 13.2. The molecule has 9 rings (SSSR count). The predicted molar refractivity (Wildman–Crippen MR) is 201 cm³/mol. The van der Waals surface area contributed by atoms with Gasteiger partial charge in [0.1, 0.15) is 21.1 Å². The normalized spacial score (nSPS) is 16.5. The summed E-state index contributed by atoms with van der Waals surface area (Å²) in [4.78, 5) is 20.0. The summed E-state index contributed by atoms with van der Waals surface area (Å²) in [6.07, 6.45) is 23.9. The number of hydrogen-bond acceptors (Lipinski definition) is 3. The summed E-state index contributed by atoms with van der Waals surface area (Å²) >= 11 is 0. The van der Waals surface area contributed by atoms with E-state index in [1.807, 2.05) is 34.8 Å². The van der Waals surface area contributed by atoms with Crippen molar-refractivity contribution >= 4 is 39.4 Å². The number of allylic oxidation sites excluding steroid dienone is 7. The Bertz CT molecular complexity index is 2620.